The Morgan fingerprint density at radius 3 is 2.20 bits per heavy atom. The summed E-state index contributed by atoms with van der Waals surface area (Å²) in [6.07, 6.45) is -4.63. The normalized spacial score (nSPS) is 36.9. The van der Waals surface area contributed by atoms with Crippen molar-refractivity contribution >= 4 is 23.5 Å². The first-order valence-electron chi connectivity index (χ1n) is 22.7. The Labute approximate surface area is 354 Å². The number of unbranched alkanes of at least 4 members (excludes halogenated alkanes) is 1. The summed E-state index contributed by atoms with van der Waals surface area (Å²) < 4.78 is 32.0. The van der Waals surface area contributed by atoms with E-state index < -0.39 is 98.1 Å². The summed E-state index contributed by atoms with van der Waals surface area (Å²) in [6, 6.07) is -1.18. The zero-order chi connectivity index (χ0) is 43.5. The summed E-state index contributed by atoms with van der Waals surface area (Å²) >= 11 is 0. The summed E-state index contributed by atoms with van der Waals surface area (Å²) in [6.45, 7) is 7.70. The number of nitrogens with one attached hydrogen (secondary N) is 2. The second-order valence-corrected chi connectivity index (χ2v) is 17.8. The van der Waals surface area contributed by atoms with E-state index in [4.69, 9.17) is 23.7 Å². The van der Waals surface area contributed by atoms with E-state index in [0.29, 0.717) is 51.7 Å². The van der Waals surface area contributed by atoms with Crippen LogP contribution in [-0.4, -0.2) is 160 Å². The maximum atomic E-state index is 13.9. The van der Waals surface area contributed by atoms with Crippen molar-refractivity contribution in [3.05, 3.63) is 0 Å². The zero-order valence-electron chi connectivity index (χ0n) is 36.0. The molecule has 3 aliphatic heterocycles. The number of ketones is 1. The van der Waals surface area contributed by atoms with E-state index in [2.05, 4.69) is 10.6 Å². The van der Waals surface area contributed by atoms with Gasteiger partial charge in [0.25, 0.3) is 5.91 Å². The molecule has 7 N–H and O–H groups in total. The number of hydrogen-bond acceptors (Lipinski definition) is 14. The minimum Gasteiger partial charge on any atom is -0.394 e. The molecule has 15 atom stereocenters. The molecule has 0 radical (unpaired) electrons. The van der Waals surface area contributed by atoms with Crippen molar-refractivity contribution in [2.75, 3.05) is 26.2 Å². The number of rotatable bonds is 20. The molecule has 5 fully saturated rings. The predicted octanol–water partition coefficient (Wildman–Crippen LogP) is 1.22. The van der Waals surface area contributed by atoms with Crippen molar-refractivity contribution in [1.29, 1.82) is 0 Å². The van der Waals surface area contributed by atoms with Gasteiger partial charge < -0.3 is 64.8 Å². The van der Waals surface area contributed by atoms with Crippen molar-refractivity contribution in [3.63, 3.8) is 0 Å². The molecule has 0 bridgehead atoms. The quantitative estimate of drug-likeness (QED) is 0.0853. The number of aliphatic hydroxyl groups is 5. The Balaban J connectivity index is 1.42. The smallest absolute Gasteiger partial charge is 0.251 e. The van der Waals surface area contributed by atoms with E-state index in [1.165, 1.54) is 6.92 Å². The molecule has 3 amide bonds. The Bertz CT molecular complexity index is 1380. The molecule has 60 heavy (non-hydrogen) atoms. The van der Waals surface area contributed by atoms with Gasteiger partial charge in [-0.05, 0) is 57.3 Å². The fourth-order valence-electron chi connectivity index (χ4n) is 9.48. The van der Waals surface area contributed by atoms with Gasteiger partial charge in [0.05, 0.1) is 24.9 Å². The highest BCUT2D eigenvalue weighted by molar-refractivity contribution is 5.82. The van der Waals surface area contributed by atoms with Crippen molar-refractivity contribution in [1.82, 2.24) is 15.5 Å². The van der Waals surface area contributed by atoms with Gasteiger partial charge in [-0.25, -0.2) is 0 Å². The minimum absolute atomic E-state index is 0.0349. The van der Waals surface area contributed by atoms with E-state index in [0.717, 1.165) is 51.4 Å². The number of amides is 3. The van der Waals surface area contributed by atoms with Crippen LogP contribution < -0.4 is 10.6 Å². The molecule has 2 saturated carbocycles. The third-order valence-corrected chi connectivity index (χ3v) is 13.3. The van der Waals surface area contributed by atoms with Crippen LogP contribution in [0.15, 0.2) is 0 Å². The van der Waals surface area contributed by atoms with Crippen LogP contribution in [0.2, 0.25) is 0 Å². The second kappa shape index (κ2) is 23.4. The Hall–Kier alpha value is -2.32. The topological polar surface area (TPSA) is 243 Å². The van der Waals surface area contributed by atoms with Gasteiger partial charge >= 0.3 is 0 Å². The lowest BCUT2D eigenvalue weighted by atomic mass is 9.74. The maximum absolute atomic E-state index is 13.9. The molecule has 0 aromatic heterocycles. The SMILES string of the molecule is CCCCC(=O)NCCCC(=O)C1CC(CC)[C@@H](O[C@@H]2OC(C)[C@@H](O)[C@H](O)C2O)[C@H](O[C@@H]2O[C@@H](CO)[C@H](O)C(O[C@@H](CC3CCCCC3)C(=O)N3CCC3)C2NC(C)=O)C1. The standard InChI is InChI=1S/C43H73N3O14/c1-5-7-16-33(50)44-17-11-15-29(49)28-21-27(6-2)39(60-43-38(54)37(53)35(51)24(3)56-43)30(22-28)58-42-34(45-25(4)48)40(36(52)32(23-47)59-42)57-31(41(55)46-18-12-19-46)20-26-13-9-8-10-14-26/h24,26-28,30-32,34-40,42-43,47,51-54H,5-23H2,1-4H3,(H,44,50)(H,45,48)/t24?,27?,28?,30-,31+,32+,34?,35-,36+,37+,38?,39-,40?,42-,43+/m1/s1. The van der Waals surface area contributed by atoms with Gasteiger partial charge in [-0.1, -0.05) is 58.8 Å². The van der Waals surface area contributed by atoms with E-state index in [1.807, 2.05) is 13.8 Å². The number of carbonyl (C=O) groups excluding carboxylic acids is 4. The second-order valence-electron chi connectivity index (χ2n) is 17.8. The molecule has 0 aromatic rings. The monoisotopic (exact) mass is 856 g/mol. The summed E-state index contributed by atoms with van der Waals surface area (Å²) in [5, 5.41) is 60.0. The molecule has 6 unspecified atom stereocenters. The van der Waals surface area contributed by atoms with Crippen molar-refractivity contribution in [3.8, 4) is 0 Å². The summed E-state index contributed by atoms with van der Waals surface area (Å²) in [5.41, 5.74) is 0. The predicted molar refractivity (Wildman–Crippen MR) is 216 cm³/mol. The number of carbonyl (C=O) groups is 4. The molecular weight excluding hydrogens is 782 g/mol. The van der Waals surface area contributed by atoms with Gasteiger partial charge in [0.1, 0.15) is 54.6 Å². The van der Waals surface area contributed by atoms with E-state index in [-0.39, 0.29) is 42.3 Å². The molecule has 0 spiro atoms. The average Bonchev–Trinajstić information content (AvgIpc) is 3.21. The maximum Gasteiger partial charge on any atom is 0.251 e. The summed E-state index contributed by atoms with van der Waals surface area (Å²) in [5.74, 6) is -1.38. The number of ether oxygens (including phenoxy) is 5. The molecule has 17 nitrogen and oxygen atoms in total. The highest BCUT2D eigenvalue weighted by atomic mass is 16.7. The van der Waals surface area contributed by atoms with Gasteiger partial charge in [-0.15, -0.1) is 0 Å². The molecule has 3 saturated heterocycles. The van der Waals surface area contributed by atoms with Gasteiger partial charge in [0.15, 0.2) is 12.6 Å². The first kappa shape index (κ1) is 48.7. The van der Waals surface area contributed by atoms with E-state index in [1.54, 1.807) is 11.8 Å². The third-order valence-electron chi connectivity index (χ3n) is 13.3. The van der Waals surface area contributed by atoms with E-state index >= 15 is 0 Å². The van der Waals surface area contributed by atoms with E-state index in [9.17, 15) is 44.7 Å². The highest BCUT2D eigenvalue weighted by Gasteiger charge is 2.53. The molecular formula is C43H73N3O14. The molecule has 344 valence electrons. The largest absolute Gasteiger partial charge is 0.394 e. The van der Waals surface area contributed by atoms with Crippen LogP contribution in [-0.2, 0) is 42.9 Å². The Morgan fingerprint density at radius 2 is 1.57 bits per heavy atom. The Morgan fingerprint density at radius 1 is 0.833 bits per heavy atom. The van der Waals surface area contributed by atoms with Crippen LogP contribution >= 0.6 is 0 Å². The average molecular weight is 856 g/mol. The highest BCUT2D eigenvalue weighted by Crippen LogP contribution is 2.40. The number of likely N-dealkylation sites (tertiary alicyclic amines) is 1. The number of aliphatic hydroxyl groups excluding tert-OH is 5. The third kappa shape index (κ3) is 12.7. The van der Waals surface area contributed by atoms with Crippen LogP contribution in [0.1, 0.15) is 124 Å². The fraction of sp³-hybridized carbons (Fsp3) is 0.907. The van der Waals surface area contributed by atoms with Crippen LogP contribution in [0, 0.1) is 17.8 Å². The summed E-state index contributed by atoms with van der Waals surface area (Å²) in [4.78, 5) is 54.6. The fourth-order valence-corrected chi connectivity index (χ4v) is 9.48. The molecule has 5 aliphatic rings. The Kier molecular flexibility index (Phi) is 19.0. The number of hydrogen-bond donors (Lipinski definition) is 7. The molecule has 0 aromatic carbocycles. The molecule has 2 aliphatic carbocycles. The summed E-state index contributed by atoms with van der Waals surface area (Å²) in [7, 11) is 0. The van der Waals surface area contributed by atoms with Crippen LogP contribution in [0.25, 0.3) is 0 Å². The van der Waals surface area contributed by atoms with Gasteiger partial charge in [0.2, 0.25) is 11.8 Å². The van der Waals surface area contributed by atoms with Crippen molar-refractivity contribution in [2.45, 2.75) is 204 Å². The zero-order valence-corrected chi connectivity index (χ0v) is 36.0. The first-order chi connectivity index (χ1) is 28.8. The number of Topliss-reactive ketones (excluding diaryl/α,β-unsaturated/α-hetero) is 1. The van der Waals surface area contributed by atoms with Crippen LogP contribution in [0.3, 0.4) is 0 Å². The molecule has 17 heteroatoms. The molecule has 3 heterocycles. The van der Waals surface area contributed by atoms with Gasteiger partial charge in [-0.3, -0.25) is 19.2 Å². The van der Waals surface area contributed by atoms with Crippen LogP contribution in [0.5, 0.6) is 0 Å². The minimum atomic E-state index is -1.61. The van der Waals surface area contributed by atoms with Crippen molar-refractivity contribution in [2.24, 2.45) is 17.8 Å². The lowest BCUT2D eigenvalue weighted by Gasteiger charge is -2.49. The molecule has 5 rings (SSSR count). The van der Waals surface area contributed by atoms with Gasteiger partial charge in [0, 0.05) is 45.3 Å². The lowest BCUT2D eigenvalue weighted by Crippen LogP contribution is -2.67. The lowest BCUT2D eigenvalue weighted by molar-refractivity contribution is -0.338. The first-order valence-corrected chi connectivity index (χ1v) is 22.7. The van der Waals surface area contributed by atoms with Crippen molar-refractivity contribution < 1.29 is 68.4 Å². The van der Waals surface area contributed by atoms with Gasteiger partial charge in [-0.2, -0.15) is 0 Å². The van der Waals surface area contributed by atoms with Crippen LogP contribution in [0.4, 0.5) is 0 Å². The number of nitrogens with zero attached hydrogens (tertiary/aromatic N) is 1.